The first-order valence-electron chi connectivity index (χ1n) is 6.12. The monoisotopic (exact) mass is 273 g/mol. The van der Waals surface area contributed by atoms with Crippen molar-refractivity contribution in [1.29, 1.82) is 0 Å². The molecule has 0 aromatic heterocycles. The molecule has 0 unspecified atom stereocenters. The predicted octanol–water partition coefficient (Wildman–Crippen LogP) is 0.471. The number of β-lactam (4-membered cyclic amide) rings is 1. The van der Waals surface area contributed by atoms with Crippen LogP contribution in [0, 0.1) is 11.8 Å². The molecule has 1 aromatic rings. The maximum atomic E-state index is 11.6. The van der Waals surface area contributed by atoms with Crippen LogP contribution < -0.4 is 4.74 Å². The van der Waals surface area contributed by atoms with Crippen molar-refractivity contribution in [2.45, 2.75) is 12.1 Å². The average molecular weight is 273 g/mol. The number of ether oxygens (including phenoxy) is 2. The van der Waals surface area contributed by atoms with Crippen LogP contribution >= 0.6 is 0 Å². The third-order valence-corrected chi connectivity index (χ3v) is 3.16. The van der Waals surface area contributed by atoms with Crippen LogP contribution in [0.15, 0.2) is 24.3 Å². The maximum absolute atomic E-state index is 11.6. The van der Waals surface area contributed by atoms with Crippen molar-refractivity contribution >= 4 is 12.2 Å². The largest absolute Gasteiger partial charge is 0.497 e. The predicted molar refractivity (Wildman–Crippen MR) is 72.2 cm³/mol. The molecule has 0 bridgehead atoms. The van der Waals surface area contributed by atoms with Crippen molar-refractivity contribution in [2.75, 3.05) is 20.8 Å². The molecule has 2 rings (SSSR count). The van der Waals surface area contributed by atoms with E-state index in [9.17, 15) is 9.59 Å². The molecule has 0 N–H and O–H groups in total. The summed E-state index contributed by atoms with van der Waals surface area (Å²) in [6.45, 7) is 0.216. The molecule has 104 valence electrons. The van der Waals surface area contributed by atoms with E-state index in [1.165, 1.54) is 12.0 Å². The van der Waals surface area contributed by atoms with E-state index in [1.807, 2.05) is 24.3 Å². The molecular weight excluding hydrogens is 258 g/mol. The van der Waals surface area contributed by atoms with Gasteiger partial charge < -0.3 is 19.2 Å². The normalized spacial score (nSPS) is 20.7. The molecule has 5 heteroatoms. The molecule has 0 aliphatic carbocycles. The van der Waals surface area contributed by atoms with Gasteiger partial charge in [-0.2, -0.15) is 0 Å². The minimum absolute atomic E-state index is 0.200. The fourth-order valence-electron chi connectivity index (χ4n) is 2.01. The Balaban J connectivity index is 1.97. The van der Waals surface area contributed by atoms with Crippen LogP contribution in [0.5, 0.6) is 5.75 Å². The Labute approximate surface area is 117 Å². The molecule has 5 nitrogen and oxygen atoms in total. The number of hydrogen-bond donors (Lipinski definition) is 0. The lowest BCUT2D eigenvalue weighted by Gasteiger charge is -2.41. The Kier molecular flexibility index (Phi) is 4.38. The zero-order valence-electron chi connectivity index (χ0n) is 11.3. The summed E-state index contributed by atoms with van der Waals surface area (Å²) >= 11 is 0. The molecule has 2 atom stereocenters. The summed E-state index contributed by atoms with van der Waals surface area (Å²) in [4.78, 5) is 23.9. The van der Waals surface area contributed by atoms with Crippen molar-refractivity contribution in [3.63, 3.8) is 0 Å². The van der Waals surface area contributed by atoms with Crippen molar-refractivity contribution < 1.29 is 19.1 Å². The number of carbonyl (C=O) groups excluding carboxylic acids is 2. The number of benzene rings is 1. The molecule has 0 spiro atoms. The summed E-state index contributed by atoms with van der Waals surface area (Å²) in [5.74, 6) is 6.38. The molecule has 1 fully saturated rings. The van der Waals surface area contributed by atoms with E-state index in [2.05, 4.69) is 11.8 Å². The van der Waals surface area contributed by atoms with Crippen LogP contribution in [0.2, 0.25) is 0 Å². The molecule has 1 amide bonds. The van der Waals surface area contributed by atoms with Crippen LogP contribution in [0.25, 0.3) is 0 Å². The second-order valence-electron chi connectivity index (χ2n) is 4.28. The Morgan fingerprint density at radius 1 is 1.30 bits per heavy atom. The van der Waals surface area contributed by atoms with E-state index < -0.39 is 12.1 Å². The molecule has 0 radical (unpaired) electrons. The lowest BCUT2D eigenvalue weighted by molar-refractivity contribution is -0.169. The summed E-state index contributed by atoms with van der Waals surface area (Å²) < 4.78 is 9.99. The highest BCUT2D eigenvalue weighted by molar-refractivity contribution is 5.95. The molecule has 1 aliphatic heterocycles. The van der Waals surface area contributed by atoms with Gasteiger partial charge in [0.25, 0.3) is 5.91 Å². The fourth-order valence-corrected chi connectivity index (χ4v) is 2.01. The lowest BCUT2D eigenvalue weighted by atomic mass is 9.99. The van der Waals surface area contributed by atoms with Gasteiger partial charge in [-0.05, 0) is 24.3 Å². The van der Waals surface area contributed by atoms with Gasteiger partial charge >= 0.3 is 0 Å². The van der Waals surface area contributed by atoms with Crippen molar-refractivity contribution in [2.24, 2.45) is 0 Å². The second-order valence-corrected chi connectivity index (χ2v) is 4.28. The van der Waals surface area contributed by atoms with Gasteiger partial charge in [0, 0.05) is 12.7 Å². The van der Waals surface area contributed by atoms with Gasteiger partial charge in [-0.15, -0.1) is 0 Å². The zero-order chi connectivity index (χ0) is 14.5. The molecule has 1 heterocycles. The highest BCUT2D eigenvalue weighted by atomic mass is 16.5. The van der Waals surface area contributed by atoms with E-state index in [0.29, 0.717) is 6.29 Å². The van der Waals surface area contributed by atoms with Crippen molar-refractivity contribution in [3.05, 3.63) is 29.8 Å². The summed E-state index contributed by atoms with van der Waals surface area (Å²) in [6.07, 6.45) is 0.0558. The quantitative estimate of drug-likeness (QED) is 0.454. The van der Waals surface area contributed by atoms with E-state index in [-0.39, 0.29) is 12.5 Å². The minimum Gasteiger partial charge on any atom is -0.497 e. The molecule has 1 saturated heterocycles. The van der Waals surface area contributed by atoms with Crippen LogP contribution in [0.3, 0.4) is 0 Å². The van der Waals surface area contributed by atoms with E-state index in [1.54, 1.807) is 7.11 Å². The Morgan fingerprint density at radius 3 is 2.55 bits per heavy atom. The average Bonchev–Trinajstić information content (AvgIpc) is 2.49. The standard InChI is InChI=1S/C15H15NO4/c1-19-12-7-5-11(6-8-12)4-3-9-16-13(10-17)14(20-2)15(16)18/h5-8,10,13-14H,9H2,1-2H3/t13-,14+/m0/s1. The molecule has 1 aliphatic rings. The van der Waals surface area contributed by atoms with Gasteiger partial charge in [-0.3, -0.25) is 4.79 Å². The highest BCUT2D eigenvalue weighted by Gasteiger charge is 2.47. The smallest absolute Gasteiger partial charge is 0.255 e. The van der Waals surface area contributed by atoms with E-state index in [4.69, 9.17) is 9.47 Å². The highest BCUT2D eigenvalue weighted by Crippen LogP contribution is 2.20. The van der Waals surface area contributed by atoms with Crippen molar-refractivity contribution in [1.82, 2.24) is 4.90 Å². The van der Waals surface area contributed by atoms with Gasteiger partial charge in [-0.25, -0.2) is 0 Å². The molecule has 20 heavy (non-hydrogen) atoms. The van der Waals surface area contributed by atoms with Gasteiger partial charge in [0.05, 0.1) is 13.7 Å². The van der Waals surface area contributed by atoms with Crippen LogP contribution in [-0.2, 0) is 14.3 Å². The second kappa shape index (κ2) is 6.22. The number of likely N-dealkylation sites (tertiary alicyclic amines) is 1. The number of methoxy groups -OCH3 is 2. The number of nitrogens with zero attached hydrogens (tertiary/aromatic N) is 1. The lowest BCUT2D eigenvalue weighted by Crippen LogP contribution is -2.66. The summed E-state index contributed by atoms with van der Waals surface area (Å²) in [5, 5.41) is 0. The van der Waals surface area contributed by atoms with Crippen LogP contribution in [0.1, 0.15) is 5.56 Å². The third kappa shape index (κ3) is 2.65. The first-order valence-corrected chi connectivity index (χ1v) is 6.12. The molecule has 1 aromatic carbocycles. The van der Waals surface area contributed by atoms with E-state index >= 15 is 0 Å². The summed E-state index contributed by atoms with van der Waals surface area (Å²) in [5.41, 5.74) is 0.824. The van der Waals surface area contributed by atoms with Gasteiger partial charge in [0.15, 0.2) is 6.10 Å². The zero-order valence-corrected chi connectivity index (χ0v) is 11.3. The van der Waals surface area contributed by atoms with Crippen LogP contribution in [0.4, 0.5) is 0 Å². The first kappa shape index (κ1) is 14.1. The summed E-state index contributed by atoms with van der Waals surface area (Å²) in [7, 11) is 3.02. The van der Waals surface area contributed by atoms with E-state index in [0.717, 1.165) is 11.3 Å². The topological polar surface area (TPSA) is 55.8 Å². The SMILES string of the molecule is COc1ccc(C#CCN2C(=O)[C@H](OC)[C@@H]2C=O)cc1. The van der Waals surface area contributed by atoms with Gasteiger partial charge in [-0.1, -0.05) is 11.8 Å². The van der Waals surface area contributed by atoms with Gasteiger partial charge in [0.1, 0.15) is 18.1 Å². The number of amides is 1. The molecule has 0 saturated carbocycles. The maximum Gasteiger partial charge on any atom is 0.255 e. The third-order valence-electron chi connectivity index (χ3n) is 3.16. The fraction of sp³-hybridized carbons (Fsp3) is 0.333. The van der Waals surface area contributed by atoms with Crippen molar-refractivity contribution in [3.8, 4) is 17.6 Å². The Bertz CT molecular complexity index is 555. The number of hydrogen-bond acceptors (Lipinski definition) is 4. The Hall–Kier alpha value is -2.32. The first-order chi connectivity index (χ1) is 9.71. The Morgan fingerprint density at radius 2 is 2.00 bits per heavy atom. The van der Waals surface area contributed by atoms with Gasteiger partial charge in [0.2, 0.25) is 0 Å². The minimum atomic E-state index is -0.657. The summed E-state index contributed by atoms with van der Waals surface area (Å²) in [6, 6.07) is 6.76. The van der Waals surface area contributed by atoms with Crippen LogP contribution in [-0.4, -0.2) is 50.0 Å². The number of rotatable bonds is 4. The number of aldehydes is 1. The molecular formula is C15H15NO4. The number of carbonyl (C=O) groups is 2.